The van der Waals surface area contributed by atoms with Crippen LogP contribution in [0.25, 0.3) is 11.1 Å². The fourth-order valence-electron chi connectivity index (χ4n) is 2.75. The number of benzene rings is 2. The number of halogens is 2. The zero-order valence-electron chi connectivity index (χ0n) is 15.3. The third kappa shape index (κ3) is 4.91. The molecule has 0 bridgehead atoms. The molecular formula is C22H14Cl2N2O2S2. The predicted molar refractivity (Wildman–Crippen MR) is 126 cm³/mol. The van der Waals surface area contributed by atoms with E-state index in [1.807, 2.05) is 48.5 Å². The second-order valence-electron chi connectivity index (χ2n) is 6.27. The Morgan fingerprint density at radius 3 is 1.23 bits per heavy atom. The lowest BCUT2D eigenvalue weighted by Gasteiger charge is -2.08. The number of thiophene rings is 2. The summed E-state index contributed by atoms with van der Waals surface area (Å²) in [7, 11) is 0. The Balaban J connectivity index is 1.40. The zero-order chi connectivity index (χ0) is 21.1. The van der Waals surface area contributed by atoms with E-state index in [2.05, 4.69) is 10.6 Å². The molecule has 0 atom stereocenters. The molecular weight excluding hydrogens is 459 g/mol. The first-order chi connectivity index (χ1) is 14.5. The number of hydrogen-bond donors (Lipinski definition) is 2. The van der Waals surface area contributed by atoms with Gasteiger partial charge in [0.15, 0.2) is 0 Å². The van der Waals surface area contributed by atoms with Gasteiger partial charge in [0.05, 0.1) is 18.4 Å². The number of amides is 2. The van der Waals surface area contributed by atoms with E-state index >= 15 is 0 Å². The van der Waals surface area contributed by atoms with Crippen LogP contribution in [0.5, 0.6) is 0 Å². The summed E-state index contributed by atoms with van der Waals surface area (Å²) in [5.74, 6) is -0.376. The van der Waals surface area contributed by atoms with Gasteiger partial charge in [0.25, 0.3) is 11.8 Å². The molecule has 0 spiro atoms. The highest BCUT2D eigenvalue weighted by Gasteiger charge is 2.10. The maximum atomic E-state index is 12.2. The molecule has 2 N–H and O–H groups in total. The largest absolute Gasteiger partial charge is 0.321 e. The number of hydrogen-bond acceptors (Lipinski definition) is 4. The number of carbonyl (C=O) groups is 2. The molecule has 2 aromatic heterocycles. The minimum Gasteiger partial charge on any atom is -0.321 e. The van der Waals surface area contributed by atoms with Crippen LogP contribution >= 0.6 is 45.9 Å². The van der Waals surface area contributed by atoms with E-state index in [1.54, 1.807) is 24.3 Å². The molecule has 4 nitrogen and oxygen atoms in total. The van der Waals surface area contributed by atoms with Crippen LogP contribution in [-0.2, 0) is 0 Å². The molecule has 0 saturated heterocycles. The van der Waals surface area contributed by atoms with Crippen LogP contribution in [0.1, 0.15) is 19.3 Å². The lowest BCUT2D eigenvalue weighted by molar-refractivity contribution is 0.102. The van der Waals surface area contributed by atoms with Gasteiger partial charge in [0.2, 0.25) is 0 Å². The van der Waals surface area contributed by atoms with Crippen LogP contribution in [0.4, 0.5) is 11.4 Å². The summed E-state index contributed by atoms with van der Waals surface area (Å²) < 4.78 is 1.16. The van der Waals surface area contributed by atoms with Gasteiger partial charge >= 0.3 is 0 Å². The van der Waals surface area contributed by atoms with Crippen molar-refractivity contribution in [3.63, 3.8) is 0 Å². The first-order valence-corrected chi connectivity index (χ1v) is 11.2. The Morgan fingerprint density at radius 1 is 0.567 bits per heavy atom. The van der Waals surface area contributed by atoms with Crippen LogP contribution in [0.3, 0.4) is 0 Å². The fourth-order valence-corrected chi connectivity index (χ4v) is 4.63. The molecule has 30 heavy (non-hydrogen) atoms. The van der Waals surface area contributed by atoms with Crippen LogP contribution in [0.15, 0.2) is 72.8 Å². The van der Waals surface area contributed by atoms with E-state index in [-0.39, 0.29) is 11.8 Å². The van der Waals surface area contributed by atoms with Crippen LogP contribution in [-0.4, -0.2) is 11.8 Å². The van der Waals surface area contributed by atoms with E-state index in [0.717, 1.165) is 11.1 Å². The minimum absolute atomic E-state index is 0.188. The monoisotopic (exact) mass is 472 g/mol. The van der Waals surface area contributed by atoms with Crippen LogP contribution in [0, 0.1) is 0 Å². The van der Waals surface area contributed by atoms with Gasteiger partial charge in [-0.3, -0.25) is 9.59 Å². The van der Waals surface area contributed by atoms with Crippen LogP contribution in [0.2, 0.25) is 8.67 Å². The molecule has 0 aliphatic heterocycles. The highest BCUT2D eigenvalue weighted by atomic mass is 35.5. The van der Waals surface area contributed by atoms with Gasteiger partial charge in [-0.25, -0.2) is 0 Å². The van der Waals surface area contributed by atoms with E-state index in [9.17, 15) is 9.59 Å². The molecule has 0 radical (unpaired) electrons. The summed E-state index contributed by atoms with van der Waals surface area (Å²) in [6.45, 7) is 0. The molecule has 0 fully saturated rings. The predicted octanol–water partition coefficient (Wildman–Crippen LogP) is 7.29. The quantitative estimate of drug-likeness (QED) is 0.320. The van der Waals surface area contributed by atoms with E-state index in [1.165, 1.54) is 22.7 Å². The summed E-state index contributed by atoms with van der Waals surface area (Å²) >= 11 is 14.2. The Hall–Kier alpha value is -2.64. The fraction of sp³-hybridized carbons (Fsp3) is 0. The minimum atomic E-state index is -0.188. The molecule has 2 aromatic carbocycles. The van der Waals surface area contributed by atoms with Gasteiger partial charge in [-0.15, -0.1) is 22.7 Å². The average Bonchev–Trinajstić information content (AvgIpc) is 3.38. The summed E-state index contributed by atoms with van der Waals surface area (Å²) in [4.78, 5) is 25.5. The van der Waals surface area contributed by atoms with Gasteiger partial charge < -0.3 is 10.6 Å². The molecule has 0 saturated carbocycles. The van der Waals surface area contributed by atoms with Gasteiger partial charge in [0, 0.05) is 11.4 Å². The maximum absolute atomic E-state index is 12.2. The van der Waals surface area contributed by atoms with Crippen molar-refractivity contribution in [2.24, 2.45) is 0 Å². The average molecular weight is 473 g/mol. The third-order valence-electron chi connectivity index (χ3n) is 4.21. The number of carbonyl (C=O) groups excluding carboxylic acids is 2. The molecule has 2 heterocycles. The van der Waals surface area contributed by atoms with Gasteiger partial charge in [-0.05, 0) is 59.7 Å². The lowest BCUT2D eigenvalue weighted by Crippen LogP contribution is -2.10. The van der Waals surface area contributed by atoms with Crippen molar-refractivity contribution in [1.82, 2.24) is 0 Å². The Bertz CT molecular complexity index is 1100. The van der Waals surface area contributed by atoms with Crippen molar-refractivity contribution in [2.45, 2.75) is 0 Å². The van der Waals surface area contributed by atoms with E-state index in [0.29, 0.717) is 29.8 Å². The summed E-state index contributed by atoms with van der Waals surface area (Å²) in [6, 6.07) is 21.9. The Labute approximate surface area is 191 Å². The molecule has 8 heteroatoms. The summed E-state index contributed by atoms with van der Waals surface area (Å²) in [5.41, 5.74) is 3.39. The van der Waals surface area contributed by atoms with Crippen LogP contribution < -0.4 is 10.6 Å². The second kappa shape index (κ2) is 9.02. The number of rotatable bonds is 5. The number of nitrogens with one attached hydrogen (secondary N) is 2. The standard InChI is InChI=1S/C22H14Cl2N2O2S2/c23-19-11-9-17(29-19)21(27)25-15-5-1-13(2-6-15)14-3-7-16(8-4-14)26-22(28)18-10-12-20(24)30-18/h1-12H,(H,25,27)(H,26,28). The number of anilines is 2. The first-order valence-electron chi connectivity index (χ1n) is 8.82. The maximum Gasteiger partial charge on any atom is 0.265 e. The molecule has 150 valence electrons. The second-order valence-corrected chi connectivity index (χ2v) is 9.70. The smallest absolute Gasteiger partial charge is 0.265 e. The molecule has 0 aliphatic carbocycles. The van der Waals surface area contributed by atoms with Gasteiger partial charge in [-0.2, -0.15) is 0 Å². The zero-order valence-corrected chi connectivity index (χ0v) is 18.5. The first kappa shape index (κ1) is 20.6. The molecule has 2 amide bonds. The van der Waals surface area contributed by atoms with Crippen molar-refractivity contribution in [2.75, 3.05) is 10.6 Å². The molecule has 4 aromatic rings. The van der Waals surface area contributed by atoms with Crippen molar-refractivity contribution in [3.05, 3.63) is 91.2 Å². The van der Waals surface area contributed by atoms with Gasteiger partial charge in [0.1, 0.15) is 0 Å². The van der Waals surface area contributed by atoms with Crippen molar-refractivity contribution in [3.8, 4) is 11.1 Å². The SMILES string of the molecule is O=C(Nc1ccc(-c2ccc(NC(=O)c3ccc(Cl)s3)cc2)cc1)c1ccc(Cl)s1. The topological polar surface area (TPSA) is 58.2 Å². The molecule has 4 rings (SSSR count). The molecule has 0 aliphatic rings. The van der Waals surface area contributed by atoms with Crippen molar-refractivity contribution >= 4 is 69.1 Å². The van der Waals surface area contributed by atoms with E-state index in [4.69, 9.17) is 23.2 Å². The highest BCUT2D eigenvalue weighted by molar-refractivity contribution is 7.18. The highest BCUT2D eigenvalue weighted by Crippen LogP contribution is 2.26. The Morgan fingerprint density at radius 2 is 0.933 bits per heavy atom. The normalized spacial score (nSPS) is 10.6. The molecule has 0 unspecified atom stereocenters. The van der Waals surface area contributed by atoms with E-state index < -0.39 is 0 Å². The summed E-state index contributed by atoms with van der Waals surface area (Å²) in [5, 5.41) is 5.71. The lowest BCUT2D eigenvalue weighted by atomic mass is 10.0. The third-order valence-corrected chi connectivity index (χ3v) is 6.67. The summed E-state index contributed by atoms with van der Waals surface area (Å²) in [6.07, 6.45) is 0. The van der Waals surface area contributed by atoms with Gasteiger partial charge in [-0.1, -0.05) is 47.5 Å². The Kier molecular flexibility index (Phi) is 6.20. The van der Waals surface area contributed by atoms with Crippen molar-refractivity contribution in [1.29, 1.82) is 0 Å². The van der Waals surface area contributed by atoms with Crippen molar-refractivity contribution < 1.29 is 9.59 Å².